The third-order valence-electron chi connectivity index (χ3n) is 4.46. The average molecular weight is 284 g/mol. The second-order valence-electron chi connectivity index (χ2n) is 5.87. The summed E-state index contributed by atoms with van der Waals surface area (Å²) in [7, 11) is 0. The molecule has 0 unspecified atom stereocenters. The van der Waals surface area contributed by atoms with Crippen LogP contribution >= 0.6 is 0 Å². The standard InChI is InChI=1S/C15H28N2O3/c1-4-19-15(18)13(3)16-7-5-14(6-8-16)17-9-10-20-12(2)11-17/h12-14H,4-11H2,1-3H3/t12-,13-/m0/s1. The number of nitrogens with zero attached hydrogens (tertiary/aromatic N) is 2. The Morgan fingerprint density at radius 3 is 2.65 bits per heavy atom. The Hall–Kier alpha value is -0.650. The molecular weight excluding hydrogens is 256 g/mol. The lowest BCUT2D eigenvalue weighted by atomic mass is 10.0. The first-order valence-electron chi connectivity index (χ1n) is 7.88. The summed E-state index contributed by atoms with van der Waals surface area (Å²) in [4.78, 5) is 16.6. The van der Waals surface area contributed by atoms with Crippen LogP contribution in [0.15, 0.2) is 0 Å². The van der Waals surface area contributed by atoms with E-state index in [1.165, 1.54) is 0 Å². The summed E-state index contributed by atoms with van der Waals surface area (Å²) in [5.74, 6) is -0.0917. The van der Waals surface area contributed by atoms with Crippen LogP contribution in [-0.2, 0) is 14.3 Å². The van der Waals surface area contributed by atoms with Crippen LogP contribution < -0.4 is 0 Å². The topological polar surface area (TPSA) is 42.0 Å². The monoisotopic (exact) mass is 284 g/mol. The number of rotatable bonds is 4. The quantitative estimate of drug-likeness (QED) is 0.724. The van der Waals surface area contributed by atoms with E-state index in [4.69, 9.17) is 9.47 Å². The molecule has 2 aliphatic heterocycles. The molecule has 0 bridgehead atoms. The third kappa shape index (κ3) is 3.93. The van der Waals surface area contributed by atoms with E-state index < -0.39 is 0 Å². The van der Waals surface area contributed by atoms with Gasteiger partial charge in [-0.1, -0.05) is 0 Å². The average Bonchev–Trinajstić information content (AvgIpc) is 2.47. The lowest BCUT2D eigenvalue weighted by Gasteiger charge is -2.42. The number of morpholine rings is 1. The summed E-state index contributed by atoms with van der Waals surface area (Å²) in [6.45, 7) is 11.3. The predicted molar refractivity (Wildman–Crippen MR) is 77.7 cm³/mol. The van der Waals surface area contributed by atoms with Crippen molar-refractivity contribution in [2.75, 3.05) is 39.4 Å². The fourth-order valence-electron chi connectivity index (χ4n) is 3.23. The molecule has 0 radical (unpaired) electrons. The maximum Gasteiger partial charge on any atom is 0.323 e. The minimum absolute atomic E-state index is 0.0917. The van der Waals surface area contributed by atoms with Gasteiger partial charge in [-0.05, 0) is 33.6 Å². The zero-order chi connectivity index (χ0) is 14.5. The van der Waals surface area contributed by atoms with Crippen LogP contribution in [0.25, 0.3) is 0 Å². The Balaban J connectivity index is 1.78. The molecule has 0 spiro atoms. The summed E-state index contributed by atoms with van der Waals surface area (Å²) in [6, 6.07) is 0.534. The molecule has 5 nitrogen and oxygen atoms in total. The first kappa shape index (κ1) is 15.7. The molecule has 5 heteroatoms. The highest BCUT2D eigenvalue weighted by Gasteiger charge is 2.31. The van der Waals surface area contributed by atoms with E-state index in [1.807, 2.05) is 13.8 Å². The van der Waals surface area contributed by atoms with E-state index in [9.17, 15) is 4.79 Å². The number of ether oxygens (including phenoxy) is 2. The molecule has 2 heterocycles. The summed E-state index contributed by atoms with van der Waals surface area (Å²) in [6.07, 6.45) is 2.62. The van der Waals surface area contributed by atoms with Gasteiger partial charge in [-0.3, -0.25) is 14.6 Å². The van der Waals surface area contributed by atoms with Crippen LogP contribution in [0.3, 0.4) is 0 Å². The number of esters is 1. The number of hydrogen-bond acceptors (Lipinski definition) is 5. The Morgan fingerprint density at radius 1 is 1.35 bits per heavy atom. The number of carbonyl (C=O) groups is 1. The summed E-state index contributed by atoms with van der Waals surface area (Å²) >= 11 is 0. The highest BCUT2D eigenvalue weighted by atomic mass is 16.5. The third-order valence-corrected chi connectivity index (χ3v) is 4.46. The van der Waals surface area contributed by atoms with Gasteiger partial charge in [-0.25, -0.2) is 0 Å². The second kappa shape index (κ2) is 7.38. The molecule has 2 fully saturated rings. The van der Waals surface area contributed by atoms with Crippen molar-refractivity contribution in [1.82, 2.24) is 9.80 Å². The van der Waals surface area contributed by atoms with E-state index in [-0.39, 0.29) is 12.0 Å². The van der Waals surface area contributed by atoms with Crippen molar-refractivity contribution in [1.29, 1.82) is 0 Å². The molecule has 2 atom stereocenters. The van der Waals surface area contributed by atoms with Crippen LogP contribution in [0.4, 0.5) is 0 Å². The minimum atomic E-state index is -0.112. The van der Waals surface area contributed by atoms with E-state index in [2.05, 4.69) is 16.7 Å². The normalized spacial score (nSPS) is 28.2. The molecule has 2 aliphatic rings. The van der Waals surface area contributed by atoms with Gasteiger partial charge >= 0.3 is 5.97 Å². The number of likely N-dealkylation sites (tertiary alicyclic amines) is 1. The van der Waals surface area contributed by atoms with Crippen molar-refractivity contribution >= 4 is 5.97 Å². The molecule has 0 N–H and O–H groups in total. The van der Waals surface area contributed by atoms with Crippen molar-refractivity contribution in [3.63, 3.8) is 0 Å². The SMILES string of the molecule is CCOC(=O)[C@H](C)N1CCC(N2CCO[C@@H](C)C2)CC1. The smallest absolute Gasteiger partial charge is 0.323 e. The molecule has 0 aromatic carbocycles. The number of hydrogen-bond donors (Lipinski definition) is 0. The highest BCUT2D eigenvalue weighted by molar-refractivity contribution is 5.75. The molecule has 0 saturated carbocycles. The number of carbonyl (C=O) groups excluding carboxylic acids is 1. The summed E-state index contributed by atoms with van der Waals surface area (Å²) in [5.41, 5.74) is 0. The Morgan fingerprint density at radius 2 is 2.05 bits per heavy atom. The van der Waals surface area contributed by atoms with E-state index in [0.717, 1.165) is 45.6 Å². The fourth-order valence-corrected chi connectivity index (χ4v) is 3.23. The van der Waals surface area contributed by atoms with Gasteiger partial charge in [-0.2, -0.15) is 0 Å². The Kier molecular flexibility index (Phi) is 5.81. The van der Waals surface area contributed by atoms with E-state index in [0.29, 0.717) is 18.8 Å². The van der Waals surface area contributed by atoms with Crippen molar-refractivity contribution in [3.8, 4) is 0 Å². The lowest BCUT2D eigenvalue weighted by Crippen LogP contribution is -2.53. The molecule has 2 saturated heterocycles. The van der Waals surface area contributed by atoms with Gasteiger partial charge in [0.15, 0.2) is 0 Å². The molecule has 0 aromatic heterocycles. The van der Waals surface area contributed by atoms with Gasteiger partial charge in [0.25, 0.3) is 0 Å². The molecule has 0 aromatic rings. The highest BCUT2D eigenvalue weighted by Crippen LogP contribution is 2.20. The molecule has 2 rings (SSSR count). The lowest BCUT2D eigenvalue weighted by molar-refractivity contribution is -0.149. The van der Waals surface area contributed by atoms with Crippen LogP contribution in [-0.4, -0.2) is 73.3 Å². The molecular formula is C15H28N2O3. The van der Waals surface area contributed by atoms with Crippen molar-refractivity contribution in [2.24, 2.45) is 0 Å². The van der Waals surface area contributed by atoms with Gasteiger partial charge in [0, 0.05) is 32.2 Å². The van der Waals surface area contributed by atoms with Gasteiger partial charge in [0.05, 0.1) is 19.3 Å². The zero-order valence-corrected chi connectivity index (χ0v) is 13.0. The van der Waals surface area contributed by atoms with E-state index in [1.54, 1.807) is 0 Å². The van der Waals surface area contributed by atoms with Gasteiger partial charge in [0.1, 0.15) is 6.04 Å². The first-order valence-corrected chi connectivity index (χ1v) is 7.88. The molecule has 0 amide bonds. The first-order chi connectivity index (χ1) is 9.61. The molecule has 116 valence electrons. The van der Waals surface area contributed by atoms with Crippen molar-refractivity contribution in [3.05, 3.63) is 0 Å². The van der Waals surface area contributed by atoms with Crippen LogP contribution in [0.5, 0.6) is 0 Å². The summed E-state index contributed by atoms with van der Waals surface area (Å²) < 4.78 is 10.7. The number of piperidine rings is 1. The molecule has 0 aliphatic carbocycles. The van der Waals surface area contributed by atoms with Gasteiger partial charge in [-0.15, -0.1) is 0 Å². The van der Waals surface area contributed by atoms with Crippen LogP contribution in [0, 0.1) is 0 Å². The predicted octanol–water partition coefficient (Wildman–Crippen LogP) is 1.12. The van der Waals surface area contributed by atoms with Crippen LogP contribution in [0.1, 0.15) is 33.6 Å². The second-order valence-corrected chi connectivity index (χ2v) is 5.87. The Labute approximate surface area is 122 Å². The summed E-state index contributed by atoms with van der Waals surface area (Å²) in [5, 5.41) is 0. The Bertz CT molecular complexity index is 316. The van der Waals surface area contributed by atoms with Gasteiger partial charge < -0.3 is 9.47 Å². The van der Waals surface area contributed by atoms with Crippen molar-refractivity contribution in [2.45, 2.75) is 51.8 Å². The van der Waals surface area contributed by atoms with Crippen molar-refractivity contribution < 1.29 is 14.3 Å². The van der Waals surface area contributed by atoms with E-state index >= 15 is 0 Å². The minimum Gasteiger partial charge on any atom is -0.465 e. The largest absolute Gasteiger partial charge is 0.465 e. The maximum atomic E-state index is 11.8. The zero-order valence-electron chi connectivity index (χ0n) is 13.0. The van der Waals surface area contributed by atoms with Gasteiger partial charge in [0.2, 0.25) is 0 Å². The molecule has 20 heavy (non-hydrogen) atoms. The fraction of sp³-hybridized carbons (Fsp3) is 0.933. The maximum absolute atomic E-state index is 11.8. The van der Waals surface area contributed by atoms with Crippen LogP contribution in [0.2, 0.25) is 0 Å².